The first-order chi connectivity index (χ1) is 15.9. The molecule has 174 valence electrons. The van der Waals surface area contributed by atoms with Crippen LogP contribution >= 0.6 is 11.3 Å². The molecule has 1 saturated heterocycles. The van der Waals surface area contributed by atoms with E-state index >= 15 is 0 Å². The molecule has 10 heteroatoms. The van der Waals surface area contributed by atoms with E-state index in [0.29, 0.717) is 41.7 Å². The van der Waals surface area contributed by atoms with Gasteiger partial charge in [0, 0.05) is 38.3 Å². The zero-order chi connectivity index (χ0) is 23.3. The third-order valence-corrected chi connectivity index (χ3v) is 6.08. The summed E-state index contributed by atoms with van der Waals surface area (Å²) in [5.74, 6) is -0.571. The average Bonchev–Trinajstić information content (AvgIpc) is 3.21. The van der Waals surface area contributed by atoms with E-state index in [1.165, 1.54) is 24.3 Å². The van der Waals surface area contributed by atoms with Gasteiger partial charge in [0.25, 0.3) is 5.91 Å². The number of rotatable bonds is 7. The first kappa shape index (κ1) is 23.2. The van der Waals surface area contributed by atoms with Crippen LogP contribution in [0.4, 0.5) is 18.3 Å². The molecule has 33 heavy (non-hydrogen) atoms. The molecular weight excluding hydrogens is 455 g/mol. The van der Waals surface area contributed by atoms with Crippen LogP contribution in [0.2, 0.25) is 0 Å². The van der Waals surface area contributed by atoms with Gasteiger partial charge in [0.2, 0.25) is 0 Å². The van der Waals surface area contributed by atoms with E-state index in [4.69, 9.17) is 4.74 Å². The Balaban J connectivity index is 1.57. The fourth-order valence-electron chi connectivity index (χ4n) is 3.39. The third-order valence-electron chi connectivity index (χ3n) is 5.04. The molecule has 1 aliphatic heterocycles. The van der Waals surface area contributed by atoms with Gasteiger partial charge in [-0.1, -0.05) is 41.7 Å². The van der Waals surface area contributed by atoms with Crippen molar-refractivity contribution in [1.29, 1.82) is 0 Å². The van der Waals surface area contributed by atoms with E-state index in [9.17, 15) is 18.0 Å². The minimum absolute atomic E-state index is 0.252. The Hall–Kier alpha value is -2.95. The van der Waals surface area contributed by atoms with E-state index in [2.05, 4.69) is 14.6 Å². The SMILES string of the molecule is O=C(C=Cc1ccccc1)N(CCN1CCOCC1)c1nc2ccc(OC(F)(F)F)cc2s1. The van der Waals surface area contributed by atoms with Crippen molar-refractivity contribution in [3.8, 4) is 5.75 Å². The summed E-state index contributed by atoms with van der Waals surface area (Å²) in [4.78, 5) is 21.4. The lowest BCUT2D eigenvalue weighted by Gasteiger charge is -2.28. The summed E-state index contributed by atoms with van der Waals surface area (Å²) in [6.45, 7) is 3.87. The molecule has 0 aliphatic carbocycles. The first-order valence-corrected chi connectivity index (χ1v) is 11.2. The number of carbonyl (C=O) groups is 1. The number of ether oxygens (including phenoxy) is 2. The number of thiazole rings is 1. The van der Waals surface area contributed by atoms with Crippen LogP contribution < -0.4 is 9.64 Å². The van der Waals surface area contributed by atoms with Crippen molar-refractivity contribution < 1.29 is 27.4 Å². The largest absolute Gasteiger partial charge is 0.573 e. The van der Waals surface area contributed by atoms with Crippen LogP contribution in [0.5, 0.6) is 5.75 Å². The topological polar surface area (TPSA) is 54.9 Å². The van der Waals surface area contributed by atoms with Crippen molar-refractivity contribution in [1.82, 2.24) is 9.88 Å². The number of amides is 1. The highest BCUT2D eigenvalue weighted by Gasteiger charge is 2.31. The summed E-state index contributed by atoms with van der Waals surface area (Å²) in [7, 11) is 0. The standard InChI is InChI=1S/C23H22F3N3O3S/c24-23(25,26)32-18-7-8-19-20(16-18)33-22(27-19)29(11-10-28-12-14-31-15-13-28)21(30)9-6-17-4-2-1-3-5-17/h1-9,16H,10-15H2. The van der Waals surface area contributed by atoms with E-state index in [1.807, 2.05) is 30.3 Å². The molecule has 0 radical (unpaired) electrons. The summed E-state index contributed by atoms with van der Waals surface area (Å²) in [5.41, 5.74) is 1.39. The number of fused-ring (bicyclic) bond motifs is 1. The Kier molecular flexibility index (Phi) is 7.26. The number of hydrogen-bond acceptors (Lipinski definition) is 6. The Labute approximate surface area is 192 Å². The molecule has 2 aromatic carbocycles. The van der Waals surface area contributed by atoms with Crippen molar-refractivity contribution in [3.63, 3.8) is 0 Å². The molecule has 1 aromatic heterocycles. The van der Waals surface area contributed by atoms with Gasteiger partial charge in [0.15, 0.2) is 5.13 Å². The van der Waals surface area contributed by atoms with Crippen molar-refractivity contribution in [2.45, 2.75) is 6.36 Å². The second kappa shape index (κ2) is 10.3. The van der Waals surface area contributed by atoms with Gasteiger partial charge in [0.05, 0.1) is 23.4 Å². The van der Waals surface area contributed by atoms with Crippen LogP contribution in [0, 0.1) is 0 Å². The number of halogens is 3. The van der Waals surface area contributed by atoms with Gasteiger partial charge in [-0.05, 0) is 23.8 Å². The van der Waals surface area contributed by atoms with Crippen LogP contribution in [0.15, 0.2) is 54.6 Å². The van der Waals surface area contributed by atoms with Gasteiger partial charge >= 0.3 is 6.36 Å². The molecule has 0 saturated carbocycles. The molecule has 0 unspecified atom stereocenters. The van der Waals surface area contributed by atoms with Crippen molar-refractivity contribution in [2.24, 2.45) is 0 Å². The lowest BCUT2D eigenvalue weighted by molar-refractivity contribution is -0.274. The van der Waals surface area contributed by atoms with Gasteiger partial charge in [0.1, 0.15) is 5.75 Å². The maximum absolute atomic E-state index is 13.1. The molecule has 0 N–H and O–H groups in total. The molecule has 6 nitrogen and oxygen atoms in total. The number of anilines is 1. The highest BCUT2D eigenvalue weighted by molar-refractivity contribution is 7.22. The van der Waals surface area contributed by atoms with Gasteiger partial charge in [-0.3, -0.25) is 14.6 Å². The Morgan fingerprint density at radius 3 is 2.67 bits per heavy atom. The summed E-state index contributed by atoms with van der Waals surface area (Å²) >= 11 is 1.15. The van der Waals surface area contributed by atoms with Crippen LogP contribution in [-0.2, 0) is 9.53 Å². The predicted octanol–water partition coefficient (Wildman–Crippen LogP) is 4.57. The number of carbonyl (C=O) groups excluding carboxylic acids is 1. The maximum atomic E-state index is 13.1. The Morgan fingerprint density at radius 2 is 1.94 bits per heavy atom. The summed E-state index contributed by atoms with van der Waals surface area (Å²) in [6, 6.07) is 13.4. The zero-order valence-corrected chi connectivity index (χ0v) is 18.4. The van der Waals surface area contributed by atoms with Crippen molar-refractivity contribution >= 4 is 38.7 Å². The summed E-state index contributed by atoms with van der Waals surface area (Å²) < 4.78 is 47.6. The molecule has 1 fully saturated rings. The van der Waals surface area contributed by atoms with E-state index < -0.39 is 6.36 Å². The minimum Gasteiger partial charge on any atom is -0.406 e. The Bertz CT molecular complexity index is 1110. The molecular formula is C23H22F3N3O3S. The number of alkyl halides is 3. The van der Waals surface area contributed by atoms with Gasteiger partial charge in [-0.2, -0.15) is 0 Å². The lowest BCUT2D eigenvalue weighted by atomic mass is 10.2. The van der Waals surface area contributed by atoms with Crippen molar-refractivity contribution in [3.05, 3.63) is 60.2 Å². The normalized spacial score (nSPS) is 15.2. The molecule has 0 bridgehead atoms. The van der Waals surface area contributed by atoms with E-state index in [-0.39, 0.29) is 11.7 Å². The zero-order valence-electron chi connectivity index (χ0n) is 17.6. The van der Waals surface area contributed by atoms with E-state index in [0.717, 1.165) is 30.0 Å². The second-order valence-corrected chi connectivity index (χ2v) is 8.37. The van der Waals surface area contributed by atoms with Crippen LogP contribution in [0.1, 0.15) is 5.56 Å². The summed E-state index contributed by atoms with van der Waals surface area (Å²) in [6.07, 6.45) is -1.56. The molecule has 1 amide bonds. The van der Waals surface area contributed by atoms with Crippen LogP contribution in [0.25, 0.3) is 16.3 Å². The van der Waals surface area contributed by atoms with Crippen molar-refractivity contribution in [2.75, 3.05) is 44.3 Å². The maximum Gasteiger partial charge on any atom is 0.573 e. The summed E-state index contributed by atoms with van der Waals surface area (Å²) in [5, 5.41) is 0.421. The Morgan fingerprint density at radius 1 is 1.18 bits per heavy atom. The average molecular weight is 478 g/mol. The monoisotopic (exact) mass is 477 g/mol. The highest BCUT2D eigenvalue weighted by atomic mass is 32.1. The number of morpholine rings is 1. The molecule has 3 aromatic rings. The molecule has 0 atom stereocenters. The number of nitrogens with zero attached hydrogens (tertiary/aromatic N) is 3. The third kappa shape index (κ3) is 6.53. The smallest absolute Gasteiger partial charge is 0.406 e. The highest BCUT2D eigenvalue weighted by Crippen LogP contribution is 2.33. The minimum atomic E-state index is -4.77. The van der Waals surface area contributed by atoms with E-state index in [1.54, 1.807) is 11.0 Å². The van der Waals surface area contributed by atoms with Crippen LogP contribution in [0.3, 0.4) is 0 Å². The molecule has 1 aliphatic rings. The number of aromatic nitrogens is 1. The van der Waals surface area contributed by atoms with Gasteiger partial charge in [-0.15, -0.1) is 13.2 Å². The second-order valence-electron chi connectivity index (χ2n) is 7.36. The van der Waals surface area contributed by atoms with Crippen LogP contribution in [-0.4, -0.2) is 61.5 Å². The molecule has 2 heterocycles. The molecule has 0 spiro atoms. The molecule has 4 rings (SSSR count). The number of benzene rings is 2. The fraction of sp³-hybridized carbons (Fsp3) is 0.304. The fourth-order valence-corrected chi connectivity index (χ4v) is 4.42. The lowest BCUT2D eigenvalue weighted by Crippen LogP contribution is -2.42. The van der Waals surface area contributed by atoms with Gasteiger partial charge in [-0.25, -0.2) is 4.98 Å². The first-order valence-electron chi connectivity index (χ1n) is 10.4. The predicted molar refractivity (Wildman–Crippen MR) is 121 cm³/mol. The van der Waals surface area contributed by atoms with Gasteiger partial charge < -0.3 is 9.47 Å². The quantitative estimate of drug-likeness (QED) is 0.467. The number of hydrogen-bond donors (Lipinski definition) is 0.